The minimum atomic E-state index is -0.311. The second-order valence-corrected chi connectivity index (χ2v) is 11.6. The van der Waals surface area contributed by atoms with Crippen molar-refractivity contribution in [3.05, 3.63) is 41.2 Å². The van der Waals surface area contributed by atoms with Crippen LogP contribution in [0.3, 0.4) is 0 Å². The normalized spacial score (nSPS) is 21.1. The van der Waals surface area contributed by atoms with E-state index in [-0.39, 0.29) is 24.6 Å². The molecule has 0 aromatic carbocycles. The van der Waals surface area contributed by atoms with E-state index in [1.165, 1.54) is 0 Å². The van der Waals surface area contributed by atoms with Crippen LogP contribution in [-0.2, 0) is 11.8 Å². The third-order valence-corrected chi connectivity index (χ3v) is 8.51. The Morgan fingerprint density at radius 3 is 2.82 bits per heavy atom. The van der Waals surface area contributed by atoms with E-state index < -0.39 is 0 Å². The number of hydrogen-bond donors (Lipinski definition) is 2. The van der Waals surface area contributed by atoms with Crippen molar-refractivity contribution in [2.75, 3.05) is 33.4 Å². The smallest absolute Gasteiger partial charge is 0.221 e. The molecule has 0 fully saturated rings. The standard InChI is InChI=1S/C26H36IN8O3P/c1-7-37-25(28)18-8-9-20-19-10-21(29-11-23(19)35(32-20)39-27)24-17(4)31-34(6)26(24)38-14-16(3)33(5)12-22(18)30-15(2)13-36/h8-11,15-16,36,39H,7,12-14,28H2,1-6H3/b9-8+,25-18+,30-22?. The highest BCUT2D eigenvalue weighted by Crippen LogP contribution is 2.36. The van der Waals surface area contributed by atoms with Crippen molar-refractivity contribution in [2.24, 2.45) is 17.8 Å². The van der Waals surface area contributed by atoms with Gasteiger partial charge < -0.3 is 20.3 Å². The van der Waals surface area contributed by atoms with Gasteiger partial charge in [-0.3, -0.25) is 14.9 Å². The number of aromatic nitrogens is 5. The van der Waals surface area contributed by atoms with E-state index in [2.05, 4.69) is 39.0 Å². The second kappa shape index (κ2) is 12.8. The molecule has 4 heterocycles. The first kappa shape index (κ1) is 29.4. The minimum absolute atomic E-state index is 0.0199. The number of rotatable bonds is 5. The summed E-state index contributed by atoms with van der Waals surface area (Å²) in [6, 6.07) is 1.75. The number of aliphatic hydroxyl groups excluding tert-OH is 1. The van der Waals surface area contributed by atoms with Gasteiger partial charge in [-0.2, -0.15) is 10.2 Å². The molecule has 3 N–H and O–H groups in total. The number of pyridine rings is 1. The van der Waals surface area contributed by atoms with Crippen molar-refractivity contribution >= 4 is 51.1 Å². The Bertz CT molecular complexity index is 1430. The fraction of sp³-hybridized carbons (Fsp3) is 0.462. The van der Waals surface area contributed by atoms with Crippen LogP contribution in [0.1, 0.15) is 32.2 Å². The Kier molecular flexibility index (Phi) is 9.63. The zero-order valence-electron chi connectivity index (χ0n) is 23.1. The molecule has 210 valence electrons. The van der Waals surface area contributed by atoms with E-state index in [9.17, 15) is 5.11 Å². The van der Waals surface area contributed by atoms with Crippen LogP contribution < -0.4 is 10.5 Å². The molecule has 3 unspecified atom stereocenters. The first-order valence-corrected chi connectivity index (χ1v) is 16.8. The van der Waals surface area contributed by atoms with E-state index in [1.807, 2.05) is 63.7 Å². The lowest BCUT2D eigenvalue weighted by atomic mass is 10.1. The summed E-state index contributed by atoms with van der Waals surface area (Å²) in [5.41, 5.74) is 12.0. The van der Waals surface area contributed by atoms with Gasteiger partial charge in [0.05, 0.1) is 71.3 Å². The Balaban J connectivity index is 1.98. The summed E-state index contributed by atoms with van der Waals surface area (Å²) in [7, 11) is 3.89. The van der Waals surface area contributed by atoms with Crippen LogP contribution in [-0.4, -0.2) is 85.5 Å². The van der Waals surface area contributed by atoms with Crippen molar-refractivity contribution in [1.82, 2.24) is 29.2 Å². The largest absolute Gasteiger partial charge is 0.479 e. The van der Waals surface area contributed by atoms with Gasteiger partial charge in [-0.25, -0.2) is 9.13 Å². The summed E-state index contributed by atoms with van der Waals surface area (Å²) >= 11 is 2.31. The summed E-state index contributed by atoms with van der Waals surface area (Å²) in [4.78, 5) is 11.8. The van der Waals surface area contributed by atoms with Gasteiger partial charge in [-0.15, -0.1) is 0 Å². The molecular weight excluding hydrogens is 630 g/mol. The van der Waals surface area contributed by atoms with E-state index >= 15 is 0 Å². The molecule has 1 aliphatic heterocycles. The van der Waals surface area contributed by atoms with Crippen LogP contribution in [0.4, 0.5) is 0 Å². The van der Waals surface area contributed by atoms with Gasteiger partial charge in [0.15, 0.2) is 5.88 Å². The number of ether oxygens (including phenoxy) is 2. The van der Waals surface area contributed by atoms with Crippen LogP contribution in [0, 0.1) is 6.92 Å². The zero-order chi connectivity index (χ0) is 28.3. The molecule has 13 heteroatoms. The van der Waals surface area contributed by atoms with Crippen LogP contribution in [0.2, 0.25) is 0 Å². The third kappa shape index (κ3) is 6.29. The molecule has 11 nitrogen and oxygen atoms in total. The van der Waals surface area contributed by atoms with Crippen molar-refractivity contribution < 1.29 is 14.6 Å². The molecule has 1 aliphatic rings. The lowest BCUT2D eigenvalue weighted by Gasteiger charge is -2.26. The van der Waals surface area contributed by atoms with Crippen LogP contribution in [0.15, 0.2) is 34.8 Å². The van der Waals surface area contributed by atoms with E-state index in [1.54, 1.807) is 4.68 Å². The maximum atomic E-state index is 9.79. The Hall–Kier alpha value is -2.54. The molecule has 3 aromatic rings. The summed E-state index contributed by atoms with van der Waals surface area (Å²) in [5.74, 6) is 0.939. The molecule has 3 aromatic heterocycles. The van der Waals surface area contributed by atoms with Crippen molar-refractivity contribution in [2.45, 2.75) is 39.8 Å². The fourth-order valence-corrected chi connectivity index (χ4v) is 5.91. The van der Waals surface area contributed by atoms with Gasteiger partial charge in [0.1, 0.15) is 6.61 Å². The monoisotopic (exact) mass is 666 g/mol. The highest BCUT2D eigenvalue weighted by molar-refractivity contribution is 14.2. The topological polar surface area (TPSA) is 129 Å². The number of nitrogens with zero attached hydrogens (tertiary/aromatic N) is 7. The van der Waals surface area contributed by atoms with Gasteiger partial charge in [-0.05, 0) is 75.0 Å². The van der Waals surface area contributed by atoms with Gasteiger partial charge >= 0.3 is 0 Å². The summed E-state index contributed by atoms with van der Waals surface area (Å²) in [6.45, 7) is 9.03. The predicted molar refractivity (Wildman–Crippen MR) is 166 cm³/mol. The number of halogens is 1. The van der Waals surface area contributed by atoms with Crippen LogP contribution >= 0.6 is 28.4 Å². The van der Waals surface area contributed by atoms with Gasteiger partial charge in [-0.1, -0.05) is 0 Å². The Morgan fingerprint density at radius 2 is 2.13 bits per heavy atom. The van der Waals surface area contributed by atoms with Crippen LogP contribution in [0.5, 0.6) is 5.88 Å². The van der Waals surface area contributed by atoms with Crippen molar-refractivity contribution in [1.29, 1.82) is 0 Å². The molecule has 0 saturated heterocycles. The van der Waals surface area contributed by atoms with Crippen molar-refractivity contribution in [3.8, 4) is 17.1 Å². The quantitative estimate of drug-likeness (QED) is 0.240. The first-order chi connectivity index (χ1) is 18.7. The average molecular weight is 667 g/mol. The maximum absolute atomic E-state index is 9.79. The Labute approximate surface area is 243 Å². The number of hydrogen-bond acceptors (Lipinski definition) is 9. The number of aryl methyl sites for hydroxylation is 2. The molecule has 0 radical (unpaired) electrons. The number of fused-ring (bicyclic) bond motifs is 3. The maximum Gasteiger partial charge on any atom is 0.221 e. The summed E-state index contributed by atoms with van der Waals surface area (Å²) in [6.07, 6.45) is 6.10. The molecule has 0 saturated carbocycles. The SMILES string of the molecule is CCO/C(N)=C1\C=C\c2nn(PI)c3cnc(cc23)-c2c(C)nn(C)c2OCC(C)N(C)CC1=NC(C)CO. The van der Waals surface area contributed by atoms with Gasteiger partial charge in [0, 0.05) is 25.0 Å². The molecule has 2 bridgehead atoms. The number of aliphatic imine (C=N–C) groups is 1. The lowest BCUT2D eigenvalue weighted by Crippen LogP contribution is -2.39. The third-order valence-electron chi connectivity index (χ3n) is 6.64. The molecular formula is C26H36IN8O3P. The average Bonchev–Trinajstić information content (AvgIpc) is 3.41. The molecule has 0 aliphatic carbocycles. The highest BCUT2D eigenvalue weighted by Gasteiger charge is 2.23. The second-order valence-electron chi connectivity index (χ2n) is 9.58. The number of nitrogens with two attached hydrogens (primary N) is 1. The molecule has 39 heavy (non-hydrogen) atoms. The number of allylic oxidation sites excluding steroid dienone is 1. The highest BCUT2D eigenvalue weighted by atomic mass is 127. The number of likely N-dealkylation sites (N-methyl/N-ethyl adjacent to an activating group) is 1. The summed E-state index contributed by atoms with van der Waals surface area (Å²) < 4.78 is 15.8. The van der Waals surface area contributed by atoms with Gasteiger partial charge in [0.2, 0.25) is 5.88 Å². The molecule has 3 atom stereocenters. The lowest BCUT2D eigenvalue weighted by molar-refractivity contribution is 0.179. The molecule has 4 rings (SSSR count). The zero-order valence-corrected chi connectivity index (χ0v) is 26.3. The molecule has 0 spiro atoms. The van der Waals surface area contributed by atoms with E-state index in [4.69, 9.17) is 30.3 Å². The Morgan fingerprint density at radius 1 is 1.36 bits per heavy atom. The minimum Gasteiger partial charge on any atom is -0.479 e. The fourth-order valence-electron chi connectivity index (χ4n) is 4.40. The molecule has 0 amide bonds. The summed E-state index contributed by atoms with van der Waals surface area (Å²) in [5, 5.41) is 20.2. The van der Waals surface area contributed by atoms with E-state index in [0.29, 0.717) is 43.3 Å². The van der Waals surface area contributed by atoms with Gasteiger partial charge in [0.25, 0.3) is 0 Å². The number of aliphatic hydroxyl groups is 1. The van der Waals surface area contributed by atoms with E-state index in [0.717, 1.165) is 33.5 Å². The van der Waals surface area contributed by atoms with Crippen LogP contribution in [0.25, 0.3) is 28.2 Å². The first-order valence-electron chi connectivity index (χ1n) is 12.8. The predicted octanol–water partition coefficient (Wildman–Crippen LogP) is 3.69. The van der Waals surface area contributed by atoms with Crippen molar-refractivity contribution in [3.63, 3.8) is 0 Å².